The Bertz CT molecular complexity index is 657. The Kier molecular flexibility index (Phi) is 2.82. The Morgan fingerprint density at radius 1 is 1.11 bits per heavy atom. The Hall–Kier alpha value is -2.89. The Morgan fingerprint density at radius 2 is 1.95 bits per heavy atom. The van der Waals surface area contributed by atoms with Gasteiger partial charge in [-0.2, -0.15) is 5.10 Å². The van der Waals surface area contributed by atoms with Crippen LogP contribution < -0.4 is 5.32 Å². The highest BCUT2D eigenvalue weighted by molar-refractivity contribution is 6.02. The molecule has 3 rings (SSSR count). The molecule has 0 spiro atoms. The first-order valence-corrected chi connectivity index (χ1v) is 5.65. The third-order valence-corrected chi connectivity index (χ3v) is 2.62. The number of nitrogens with zero attached hydrogens (tertiary/aromatic N) is 2. The molecule has 2 aromatic heterocycles. The van der Waals surface area contributed by atoms with Crippen molar-refractivity contribution in [1.82, 2.24) is 15.4 Å². The van der Waals surface area contributed by atoms with Gasteiger partial charge in [-0.25, -0.2) is 0 Å². The number of anilines is 1. The number of carbonyl (C=O) groups is 1. The van der Waals surface area contributed by atoms with Crippen LogP contribution in [0.3, 0.4) is 0 Å². The van der Waals surface area contributed by atoms with Gasteiger partial charge in [0.05, 0.1) is 11.9 Å². The molecule has 94 valence electrons. The summed E-state index contributed by atoms with van der Waals surface area (Å²) in [5, 5.41) is 13.0. The van der Waals surface area contributed by atoms with Crippen LogP contribution in [0.15, 0.2) is 53.3 Å². The van der Waals surface area contributed by atoms with Gasteiger partial charge in [-0.05, 0) is 23.8 Å². The first-order chi connectivity index (χ1) is 9.33. The zero-order valence-corrected chi connectivity index (χ0v) is 9.83. The lowest BCUT2D eigenvalue weighted by Crippen LogP contribution is -2.10. The third-order valence-electron chi connectivity index (χ3n) is 2.62. The van der Waals surface area contributed by atoms with Crippen LogP contribution >= 0.6 is 0 Å². The molecule has 2 heterocycles. The van der Waals surface area contributed by atoms with Crippen LogP contribution in [0.1, 0.15) is 10.6 Å². The van der Waals surface area contributed by atoms with E-state index in [1.165, 1.54) is 12.3 Å². The second kappa shape index (κ2) is 4.77. The van der Waals surface area contributed by atoms with Crippen molar-refractivity contribution in [2.24, 2.45) is 0 Å². The van der Waals surface area contributed by atoms with Gasteiger partial charge in [0.25, 0.3) is 5.91 Å². The van der Waals surface area contributed by atoms with E-state index in [-0.39, 0.29) is 11.7 Å². The zero-order chi connectivity index (χ0) is 13.1. The van der Waals surface area contributed by atoms with E-state index in [0.717, 1.165) is 11.3 Å². The smallest absolute Gasteiger partial charge is 0.294 e. The first kappa shape index (κ1) is 11.2. The van der Waals surface area contributed by atoms with Crippen molar-refractivity contribution in [2.45, 2.75) is 0 Å². The topological polar surface area (TPSA) is 83.8 Å². The maximum atomic E-state index is 11.7. The maximum Gasteiger partial charge on any atom is 0.294 e. The molecule has 3 aromatic rings. The van der Waals surface area contributed by atoms with Gasteiger partial charge in [-0.15, -0.1) is 0 Å². The summed E-state index contributed by atoms with van der Waals surface area (Å²) < 4.78 is 4.77. The van der Waals surface area contributed by atoms with Crippen LogP contribution in [0.5, 0.6) is 0 Å². The van der Waals surface area contributed by atoms with Gasteiger partial charge in [0.15, 0.2) is 0 Å². The molecular weight excluding hydrogens is 244 g/mol. The fourth-order valence-electron chi connectivity index (χ4n) is 1.68. The maximum absolute atomic E-state index is 11.7. The number of amides is 1. The number of aromatic amines is 1. The summed E-state index contributed by atoms with van der Waals surface area (Å²) in [4.78, 5) is 11.7. The van der Waals surface area contributed by atoms with Crippen molar-refractivity contribution < 1.29 is 9.32 Å². The number of rotatable bonds is 3. The number of H-pyrrole nitrogens is 1. The van der Waals surface area contributed by atoms with Crippen molar-refractivity contribution in [3.63, 3.8) is 0 Å². The molecule has 0 fully saturated rings. The summed E-state index contributed by atoms with van der Waals surface area (Å²) in [7, 11) is 0. The number of aromatic nitrogens is 3. The Morgan fingerprint density at radius 3 is 2.58 bits per heavy atom. The second-order valence-corrected chi connectivity index (χ2v) is 3.88. The molecule has 0 aliphatic carbocycles. The summed E-state index contributed by atoms with van der Waals surface area (Å²) in [6.07, 6.45) is 3.12. The predicted octanol–water partition coefficient (Wildman–Crippen LogP) is 2.32. The standard InChI is InChI=1S/C13H10N4O2/c18-13(12-6-8-15-19-12)16-10-3-1-9(2-4-10)11-5-7-14-17-11/h1-8H,(H,14,17)(H,16,18). The Balaban J connectivity index is 1.75. The van der Waals surface area contributed by atoms with Crippen molar-refractivity contribution in [3.8, 4) is 11.3 Å². The number of hydrogen-bond donors (Lipinski definition) is 2. The largest absolute Gasteiger partial charge is 0.351 e. The third kappa shape index (κ3) is 2.37. The highest BCUT2D eigenvalue weighted by atomic mass is 16.5. The van der Waals surface area contributed by atoms with Gasteiger partial charge in [-0.1, -0.05) is 17.3 Å². The second-order valence-electron chi connectivity index (χ2n) is 3.88. The SMILES string of the molecule is O=C(Nc1ccc(-c2ccn[nH]2)cc1)c1ccno1. The summed E-state index contributed by atoms with van der Waals surface area (Å²) in [6, 6.07) is 10.8. The van der Waals surface area contributed by atoms with Crippen LogP contribution in [-0.2, 0) is 0 Å². The zero-order valence-electron chi connectivity index (χ0n) is 9.83. The normalized spacial score (nSPS) is 10.3. The minimum absolute atomic E-state index is 0.178. The first-order valence-electron chi connectivity index (χ1n) is 5.65. The molecule has 0 saturated carbocycles. The van der Waals surface area contributed by atoms with Gasteiger partial charge in [0.2, 0.25) is 5.76 Å². The molecule has 0 atom stereocenters. The molecule has 0 saturated heterocycles. The van der Waals surface area contributed by atoms with Gasteiger partial charge in [-0.3, -0.25) is 9.89 Å². The van der Waals surface area contributed by atoms with E-state index in [0.29, 0.717) is 5.69 Å². The van der Waals surface area contributed by atoms with Crippen LogP contribution in [0.4, 0.5) is 5.69 Å². The summed E-state index contributed by atoms with van der Waals surface area (Å²) >= 11 is 0. The van der Waals surface area contributed by atoms with Crippen LogP contribution in [0, 0.1) is 0 Å². The molecule has 0 unspecified atom stereocenters. The summed E-state index contributed by atoms with van der Waals surface area (Å²) in [5.74, 6) is -0.149. The molecule has 0 aliphatic heterocycles. The lowest BCUT2D eigenvalue weighted by Gasteiger charge is -2.03. The highest BCUT2D eigenvalue weighted by Gasteiger charge is 2.09. The van der Waals surface area contributed by atoms with E-state index in [4.69, 9.17) is 4.52 Å². The molecular formula is C13H10N4O2. The van der Waals surface area contributed by atoms with Gasteiger partial charge < -0.3 is 9.84 Å². The molecule has 1 aromatic carbocycles. The molecule has 0 aliphatic rings. The minimum atomic E-state index is -0.327. The molecule has 19 heavy (non-hydrogen) atoms. The number of nitrogens with one attached hydrogen (secondary N) is 2. The van der Waals surface area contributed by atoms with Gasteiger partial charge in [0.1, 0.15) is 0 Å². The number of hydrogen-bond acceptors (Lipinski definition) is 4. The predicted molar refractivity (Wildman–Crippen MR) is 68.5 cm³/mol. The fraction of sp³-hybridized carbons (Fsp3) is 0. The molecule has 1 amide bonds. The van der Waals surface area contributed by atoms with Crippen molar-refractivity contribution in [3.05, 3.63) is 54.6 Å². The van der Waals surface area contributed by atoms with E-state index in [1.54, 1.807) is 6.20 Å². The van der Waals surface area contributed by atoms with E-state index in [1.807, 2.05) is 30.3 Å². The van der Waals surface area contributed by atoms with Gasteiger partial charge in [0, 0.05) is 18.0 Å². The quantitative estimate of drug-likeness (QED) is 0.751. The monoisotopic (exact) mass is 254 g/mol. The van der Waals surface area contributed by atoms with Crippen molar-refractivity contribution >= 4 is 11.6 Å². The van der Waals surface area contributed by atoms with Crippen LogP contribution in [0.25, 0.3) is 11.3 Å². The molecule has 0 radical (unpaired) electrons. The van der Waals surface area contributed by atoms with E-state index in [9.17, 15) is 4.79 Å². The molecule has 6 nitrogen and oxygen atoms in total. The lowest BCUT2D eigenvalue weighted by molar-refractivity contribution is 0.0988. The van der Waals surface area contributed by atoms with E-state index >= 15 is 0 Å². The molecule has 2 N–H and O–H groups in total. The van der Waals surface area contributed by atoms with Crippen molar-refractivity contribution in [1.29, 1.82) is 0 Å². The Labute approximate surface area is 108 Å². The van der Waals surface area contributed by atoms with E-state index in [2.05, 4.69) is 20.7 Å². The number of benzene rings is 1. The number of carbonyl (C=O) groups excluding carboxylic acids is 1. The van der Waals surface area contributed by atoms with Crippen LogP contribution in [-0.4, -0.2) is 21.3 Å². The molecule has 0 bridgehead atoms. The molecule has 6 heteroatoms. The minimum Gasteiger partial charge on any atom is -0.351 e. The summed E-state index contributed by atoms with van der Waals surface area (Å²) in [6.45, 7) is 0. The van der Waals surface area contributed by atoms with E-state index < -0.39 is 0 Å². The van der Waals surface area contributed by atoms with Gasteiger partial charge >= 0.3 is 0 Å². The average Bonchev–Trinajstić information content (AvgIpc) is 3.13. The average molecular weight is 254 g/mol. The fourth-order valence-corrected chi connectivity index (χ4v) is 1.68. The lowest BCUT2D eigenvalue weighted by atomic mass is 10.1. The van der Waals surface area contributed by atoms with Crippen molar-refractivity contribution in [2.75, 3.05) is 5.32 Å². The highest BCUT2D eigenvalue weighted by Crippen LogP contribution is 2.19. The summed E-state index contributed by atoms with van der Waals surface area (Å²) in [5.41, 5.74) is 2.60. The van der Waals surface area contributed by atoms with Crippen LogP contribution in [0.2, 0.25) is 0 Å².